The van der Waals surface area contributed by atoms with Crippen LogP contribution in [0.4, 0.5) is 0 Å². The van der Waals surface area contributed by atoms with Gasteiger partial charge in [-0.25, -0.2) is 0 Å². The Bertz CT molecular complexity index is 822. The standard InChI is InChI=1S/C15H17N5O3.CH2O2/c1-19-12-7-20(8-13(12)23-5-4-14(19)21)15(22)9-2-3-10-11(6-9)17-18-16-10;2-1-3/h2-3,6,12-13H,4-5,7-8H2,1H3,(H,16,17,18);1H,(H,2,3)/t12-,13-;/m0./s1. The van der Waals surface area contributed by atoms with Gasteiger partial charge >= 0.3 is 0 Å². The maximum Gasteiger partial charge on any atom is 0.290 e. The number of amides is 2. The van der Waals surface area contributed by atoms with Gasteiger partial charge < -0.3 is 19.6 Å². The Kier molecular flexibility index (Phi) is 5.12. The Morgan fingerprint density at radius 2 is 2.08 bits per heavy atom. The number of carbonyl (C=O) groups excluding carboxylic acids is 2. The third-order valence-electron chi connectivity index (χ3n) is 4.63. The third-order valence-corrected chi connectivity index (χ3v) is 4.63. The van der Waals surface area contributed by atoms with Crippen LogP contribution >= 0.6 is 0 Å². The zero-order valence-corrected chi connectivity index (χ0v) is 14.2. The molecule has 1 aromatic carbocycles. The smallest absolute Gasteiger partial charge is 0.290 e. The molecule has 2 saturated heterocycles. The molecule has 2 atom stereocenters. The fourth-order valence-electron chi connectivity index (χ4n) is 3.27. The summed E-state index contributed by atoms with van der Waals surface area (Å²) in [5, 5.41) is 17.4. The van der Waals surface area contributed by atoms with Crippen molar-refractivity contribution in [1.29, 1.82) is 0 Å². The van der Waals surface area contributed by atoms with Crippen LogP contribution in [0.1, 0.15) is 16.8 Å². The van der Waals surface area contributed by atoms with Gasteiger partial charge in [0.1, 0.15) is 11.0 Å². The van der Waals surface area contributed by atoms with Crippen LogP contribution in [0.5, 0.6) is 0 Å². The summed E-state index contributed by atoms with van der Waals surface area (Å²) in [6, 6.07) is 5.17. The minimum absolute atomic E-state index is 0.0656. The molecule has 0 unspecified atom stereocenters. The van der Waals surface area contributed by atoms with Crippen molar-refractivity contribution in [3.05, 3.63) is 23.8 Å². The molecule has 2 N–H and O–H groups in total. The highest BCUT2D eigenvalue weighted by Crippen LogP contribution is 2.24. The molecule has 2 aromatic rings. The van der Waals surface area contributed by atoms with Gasteiger partial charge in [0.2, 0.25) is 5.91 Å². The number of ether oxygens (including phenoxy) is 1. The van der Waals surface area contributed by atoms with Crippen molar-refractivity contribution in [1.82, 2.24) is 25.2 Å². The van der Waals surface area contributed by atoms with Crippen LogP contribution in [0.15, 0.2) is 18.2 Å². The van der Waals surface area contributed by atoms with Crippen LogP contribution in [0.25, 0.3) is 11.0 Å². The molecular weight excluding hydrogens is 342 g/mol. The molecule has 0 aliphatic carbocycles. The molecule has 2 amide bonds. The van der Waals surface area contributed by atoms with Crippen molar-refractivity contribution in [3.8, 4) is 0 Å². The molecule has 2 aliphatic heterocycles. The minimum atomic E-state index is -0.250. The Balaban J connectivity index is 0.000000613. The topological polar surface area (TPSA) is 129 Å². The fraction of sp³-hybridized carbons (Fsp3) is 0.438. The highest BCUT2D eigenvalue weighted by molar-refractivity contribution is 5.97. The van der Waals surface area contributed by atoms with Gasteiger partial charge in [-0.2, -0.15) is 15.4 Å². The molecule has 10 heteroatoms. The summed E-state index contributed by atoms with van der Waals surface area (Å²) in [6.07, 6.45) is 0.284. The first-order chi connectivity index (χ1) is 12.5. The van der Waals surface area contributed by atoms with Crippen molar-refractivity contribution >= 4 is 29.3 Å². The van der Waals surface area contributed by atoms with Crippen molar-refractivity contribution in [2.75, 3.05) is 26.7 Å². The maximum atomic E-state index is 12.7. The highest BCUT2D eigenvalue weighted by atomic mass is 16.5. The number of benzene rings is 1. The number of likely N-dealkylation sites (N-methyl/N-ethyl adjacent to an activating group) is 1. The van der Waals surface area contributed by atoms with E-state index in [0.717, 1.165) is 5.52 Å². The summed E-state index contributed by atoms with van der Waals surface area (Å²) >= 11 is 0. The second-order valence-electron chi connectivity index (χ2n) is 6.07. The van der Waals surface area contributed by atoms with Crippen molar-refractivity contribution in [2.45, 2.75) is 18.6 Å². The van der Waals surface area contributed by atoms with E-state index in [-0.39, 0.29) is 30.4 Å². The van der Waals surface area contributed by atoms with Crippen molar-refractivity contribution < 1.29 is 24.2 Å². The lowest BCUT2D eigenvalue weighted by atomic mass is 10.2. The van der Waals surface area contributed by atoms with E-state index < -0.39 is 0 Å². The molecule has 2 aliphatic rings. The second kappa shape index (κ2) is 7.48. The normalized spacial score (nSPS) is 22.4. The van der Waals surface area contributed by atoms with Gasteiger partial charge in [-0.15, -0.1) is 0 Å². The number of carbonyl (C=O) groups is 3. The largest absolute Gasteiger partial charge is 0.483 e. The molecule has 1 aromatic heterocycles. The fourth-order valence-corrected chi connectivity index (χ4v) is 3.27. The molecule has 4 rings (SSSR count). The summed E-state index contributed by atoms with van der Waals surface area (Å²) in [4.78, 5) is 36.5. The number of carboxylic acid groups (broad SMARTS) is 1. The molecule has 0 saturated carbocycles. The Morgan fingerprint density at radius 3 is 2.85 bits per heavy atom. The summed E-state index contributed by atoms with van der Waals surface area (Å²) in [5.74, 6) is -0.0109. The number of hydrogen-bond acceptors (Lipinski definition) is 6. The Hall–Kier alpha value is -3.01. The van der Waals surface area contributed by atoms with E-state index in [9.17, 15) is 9.59 Å². The molecule has 10 nitrogen and oxygen atoms in total. The lowest BCUT2D eigenvalue weighted by Crippen LogP contribution is -2.43. The van der Waals surface area contributed by atoms with Crippen molar-refractivity contribution in [2.24, 2.45) is 0 Å². The van der Waals surface area contributed by atoms with Crippen LogP contribution in [0.2, 0.25) is 0 Å². The van der Waals surface area contributed by atoms with E-state index >= 15 is 0 Å². The van der Waals surface area contributed by atoms with Crippen LogP contribution in [0, 0.1) is 0 Å². The number of nitrogens with one attached hydrogen (secondary N) is 1. The van der Waals surface area contributed by atoms with Gasteiger partial charge in [-0.3, -0.25) is 14.4 Å². The zero-order chi connectivity index (χ0) is 18.7. The molecular formula is C16H19N5O5. The molecule has 2 fully saturated rings. The number of aromatic amines is 1. The monoisotopic (exact) mass is 361 g/mol. The van der Waals surface area contributed by atoms with Gasteiger partial charge in [-0.1, -0.05) is 0 Å². The van der Waals surface area contributed by atoms with E-state index in [2.05, 4.69) is 15.4 Å². The molecule has 26 heavy (non-hydrogen) atoms. The van der Waals surface area contributed by atoms with Crippen molar-refractivity contribution in [3.63, 3.8) is 0 Å². The lowest BCUT2D eigenvalue weighted by molar-refractivity contribution is -0.131. The zero-order valence-electron chi connectivity index (χ0n) is 14.2. The second-order valence-corrected chi connectivity index (χ2v) is 6.07. The van der Waals surface area contributed by atoms with E-state index in [1.54, 1.807) is 35.0 Å². The lowest BCUT2D eigenvalue weighted by Gasteiger charge is -2.25. The number of rotatable bonds is 1. The number of H-pyrrole nitrogens is 1. The molecule has 0 radical (unpaired) electrons. The molecule has 138 valence electrons. The van der Waals surface area contributed by atoms with Gasteiger partial charge in [0, 0.05) is 25.7 Å². The summed E-state index contributed by atoms with van der Waals surface area (Å²) < 4.78 is 5.76. The Morgan fingerprint density at radius 1 is 1.35 bits per heavy atom. The van der Waals surface area contributed by atoms with Crippen LogP contribution in [0.3, 0.4) is 0 Å². The van der Waals surface area contributed by atoms with E-state index in [0.29, 0.717) is 37.2 Å². The van der Waals surface area contributed by atoms with E-state index in [1.165, 1.54) is 0 Å². The number of nitrogens with zero attached hydrogens (tertiary/aromatic N) is 4. The predicted octanol–water partition coefficient (Wildman–Crippen LogP) is -0.270. The maximum absolute atomic E-state index is 12.7. The van der Waals surface area contributed by atoms with Gasteiger partial charge in [0.25, 0.3) is 12.4 Å². The van der Waals surface area contributed by atoms with E-state index in [1.807, 2.05) is 0 Å². The first-order valence-corrected chi connectivity index (χ1v) is 8.10. The van der Waals surface area contributed by atoms with Gasteiger partial charge in [0.05, 0.1) is 25.2 Å². The number of aromatic nitrogens is 3. The highest BCUT2D eigenvalue weighted by Gasteiger charge is 2.41. The summed E-state index contributed by atoms with van der Waals surface area (Å²) in [7, 11) is 1.78. The average Bonchev–Trinajstić information content (AvgIpc) is 3.24. The van der Waals surface area contributed by atoms with E-state index in [4.69, 9.17) is 14.6 Å². The molecule has 3 heterocycles. The first-order valence-electron chi connectivity index (χ1n) is 8.10. The Labute approximate surface area is 148 Å². The third kappa shape index (κ3) is 3.36. The number of fused-ring (bicyclic) bond motifs is 2. The summed E-state index contributed by atoms with van der Waals surface area (Å²) in [5.41, 5.74) is 1.95. The quantitative estimate of drug-likeness (QED) is 0.669. The number of hydrogen-bond donors (Lipinski definition) is 2. The minimum Gasteiger partial charge on any atom is -0.483 e. The molecule has 0 spiro atoms. The van der Waals surface area contributed by atoms with Gasteiger partial charge in [-0.05, 0) is 18.2 Å². The van der Waals surface area contributed by atoms with Gasteiger partial charge in [0.15, 0.2) is 0 Å². The summed E-state index contributed by atoms with van der Waals surface area (Å²) in [6.45, 7) is 1.15. The predicted molar refractivity (Wildman–Crippen MR) is 89.4 cm³/mol. The van der Waals surface area contributed by atoms with Crippen LogP contribution < -0.4 is 0 Å². The first kappa shape index (κ1) is 17.8. The van der Waals surface area contributed by atoms with Crippen LogP contribution in [-0.4, -0.2) is 87.5 Å². The van der Waals surface area contributed by atoms with Crippen LogP contribution in [-0.2, 0) is 14.3 Å². The number of likely N-dealkylation sites (tertiary alicyclic amines) is 1. The average molecular weight is 361 g/mol. The molecule has 0 bridgehead atoms. The SMILES string of the molecule is CN1C(=O)CCO[C@H]2CN(C(=O)c3ccc4n[nH]nc4c3)C[C@@H]21.O=CO.